The summed E-state index contributed by atoms with van der Waals surface area (Å²) in [6, 6.07) is 11.1. The zero-order valence-corrected chi connectivity index (χ0v) is 19.7. The number of benzene rings is 1. The second-order valence-electron chi connectivity index (χ2n) is 8.22. The quantitative estimate of drug-likeness (QED) is 0.408. The lowest BCUT2D eigenvalue weighted by atomic mass is 10.2. The lowest BCUT2D eigenvalue weighted by molar-refractivity contribution is -0.137. The highest BCUT2D eigenvalue weighted by Gasteiger charge is 2.31. The number of aryl methyl sites for hydroxylation is 1. The van der Waals surface area contributed by atoms with Crippen molar-refractivity contribution >= 4 is 17.6 Å². The van der Waals surface area contributed by atoms with E-state index in [1.807, 2.05) is 36.9 Å². The number of amides is 3. The third-order valence-electron chi connectivity index (χ3n) is 5.52. The van der Waals surface area contributed by atoms with Crippen molar-refractivity contribution in [1.29, 1.82) is 0 Å². The normalized spacial score (nSPS) is 11.3. The van der Waals surface area contributed by atoms with Gasteiger partial charge in [0.2, 0.25) is 5.91 Å². The largest absolute Gasteiger partial charge is 0.467 e. The molecule has 3 amide bonds. The summed E-state index contributed by atoms with van der Waals surface area (Å²) in [4.78, 5) is 29.2. The molecule has 10 heteroatoms. The van der Waals surface area contributed by atoms with E-state index in [9.17, 15) is 22.8 Å². The Morgan fingerprint density at radius 3 is 2.49 bits per heavy atom. The molecule has 0 aliphatic rings. The highest BCUT2D eigenvalue weighted by molar-refractivity contribution is 5.92. The average Bonchev–Trinajstić information content (AvgIpc) is 3.47. The number of nitrogens with zero attached hydrogens (tertiary/aromatic N) is 3. The first kappa shape index (κ1) is 25.9. The Morgan fingerprint density at radius 1 is 1.06 bits per heavy atom. The number of rotatable bonds is 10. The summed E-state index contributed by atoms with van der Waals surface area (Å²) in [6.45, 7) is 2.53. The van der Waals surface area contributed by atoms with E-state index in [4.69, 9.17) is 4.42 Å². The number of carbonyl (C=O) groups excluding carboxylic acids is 2. The van der Waals surface area contributed by atoms with E-state index < -0.39 is 17.8 Å². The predicted octanol–water partition coefficient (Wildman–Crippen LogP) is 5.50. The van der Waals surface area contributed by atoms with Crippen LogP contribution in [0.25, 0.3) is 0 Å². The molecule has 0 aliphatic heterocycles. The van der Waals surface area contributed by atoms with Crippen LogP contribution in [0, 0.1) is 0 Å². The lowest BCUT2D eigenvalue weighted by Crippen LogP contribution is -2.44. The van der Waals surface area contributed by atoms with Gasteiger partial charge in [-0.3, -0.25) is 4.79 Å². The van der Waals surface area contributed by atoms with Gasteiger partial charge in [-0.2, -0.15) is 13.2 Å². The maximum absolute atomic E-state index is 13.3. The standard InChI is InChI=1S/C25H29F3N4O3/c1-3-4-13-31(24(34)29-20-9-5-8-19(15-20)25(26,27)28)18-23(33)32(17-22-11-7-14-35-22)16-21-10-6-12-30(21)2/h5-12,14-15H,3-4,13,16-18H2,1-2H3,(H,29,34). The second-order valence-corrected chi connectivity index (χ2v) is 8.22. The molecule has 3 aromatic rings. The van der Waals surface area contributed by atoms with Crippen LogP contribution < -0.4 is 5.32 Å². The van der Waals surface area contributed by atoms with Crippen molar-refractivity contribution in [3.05, 3.63) is 78.0 Å². The molecule has 0 saturated heterocycles. The van der Waals surface area contributed by atoms with Gasteiger partial charge in [0.05, 0.1) is 24.9 Å². The molecule has 2 heterocycles. The fourth-order valence-corrected chi connectivity index (χ4v) is 3.52. The molecule has 7 nitrogen and oxygen atoms in total. The number of unbranched alkanes of at least 4 members (excludes halogenated alkanes) is 1. The van der Waals surface area contributed by atoms with Gasteiger partial charge in [-0.1, -0.05) is 19.4 Å². The second kappa shape index (κ2) is 11.6. The molecule has 0 radical (unpaired) electrons. The van der Waals surface area contributed by atoms with Gasteiger partial charge in [-0.25, -0.2) is 4.79 Å². The average molecular weight is 491 g/mol. The summed E-state index contributed by atoms with van der Waals surface area (Å²) in [7, 11) is 1.88. The van der Waals surface area contributed by atoms with E-state index in [2.05, 4.69) is 5.32 Å². The van der Waals surface area contributed by atoms with Gasteiger partial charge in [0.25, 0.3) is 0 Å². The number of carbonyl (C=O) groups is 2. The maximum Gasteiger partial charge on any atom is 0.416 e. The minimum atomic E-state index is -4.53. The van der Waals surface area contributed by atoms with Crippen LogP contribution in [0.3, 0.4) is 0 Å². The van der Waals surface area contributed by atoms with Crippen LogP contribution in [0.5, 0.6) is 0 Å². The highest BCUT2D eigenvalue weighted by atomic mass is 19.4. The Morgan fingerprint density at radius 2 is 1.86 bits per heavy atom. The first-order valence-corrected chi connectivity index (χ1v) is 11.3. The number of hydrogen-bond acceptors (Lipinski definition) is 3. The summed E-state index contributed by atoms with van der Waals surface area (Å²) in [6.07, 6.45) is 0.291. The molecular weight excluding hydrogens is 461 g/mol. The molecule has 3 rings (SSSR count). The van der Waals surface area contributed by atoms with E-state index >= 15 is 0 Å². The van der Waals surface area contributed by atoms with Crippen LogP contribution in [0.15, 0.2) is 65.4 Å². The van der Waals surface area contributed by atoms with Gasteiger partial charge in [-0.05, 0) is 48.9 Å². The number of alkyl halides is 3. The number of urea groups is 1. The molecular formula is C25H29F3N4O3. The molecule has 0 aliphatic carbocycles. The Kier molecular flexibility index (Phi) is 8.62. The molecule has 0 saturated carbocycles. The van der Waals surface area contributed by atoms with Gasteiger partial charge in [0.1, 0.15) is 12.3 Å². The van der Waals surface area contributed by atoms with Crippen molar-refractivity contribution in [2.24, 2.45) is 7.05 Å². The van der Waals surface area contributed by atoms with Crippen molar-refractivity contribution in [2.45, 2.75) is 39.0 Å². The minimum Gasteiger partial charge on any atom is -0.467 e. The summed E-state index contributed by atoms with van der Waals surface area (Å²) in [5.74, 6) is 0.291. The third kappa shape index (κ3) is 7.40. The zero-order valence-electron chi connectivity index (χ0n) is 19.7. The van der Waals surface area contributed by atoms with E-state index in [0.717, 1.165) is 24.2 Å². The Balaban J connectivity index is 1.75. The van der Waals surface area contributed by atoms with Crippen LogP contribution in [0.1, 0.15) is 36.8 Å². The van der Waals surface area contributed by atoms with Crippen LogP contribution in [0.4, 0.5) is 23.7 Å². The number of aromatic nitrogens is 1. The van der Waals surface area contributed by atoms with Crippen LogP contribution in [-0.2, 0) is 31.1 Å². The smallest absolute Gasteiger partial charge is 0.416 e. The van der Waals surface area contributed by atoms with E-state index in [-0.39, 0.29) is 31.2 Å². The van der Waals surface area contributed by atoms with Crippen molar-refractivity contribution in [2.75, 3.05) is 18.4 Å². The van der Waals surface area contributed by atoms with Gasteiger partial charge in [-0.15, -0.1) is 0 Å². The Labute approximate surface area is 202 Å². The number of halogens is 3. The van der Waals surface area contributed by atoms with Gasteiger partial charge >= 0.3 is 12.2 Å². The van der Waals surface area contributed by atoms with Gasteiger partial charge in [0.15, 0.2) is 0 Å². The van der Waals surface area contributed by atoms with Crippen molar-refractivity contribution in [3.8, 4) is 0 Å². The topological polar surface area (TPSA) is 70.7 Å². The van der Waals surface area contributed by atoms with E-state index in [1.54, 1.807) is 17.0 Å². The van der Waals surface area contributed by atoms with Crippen molar-refractivity contribution < 1.29 is 27.2 Å². The van der Waals surface area contributed by atoms with Gasteiger partial charge in [0, 0.05) is 31.2 Å². The molecule has 2 aromatic heterocycles. The summed E-state index contributed by atoms with van der Waals surface area (Å²) < 4.78 is 46.5. The van der Waals surface area contributed by atoms with E-state index in [1.165, 1.54) is 23.3 Å². The molecule has 0 bridgehead atoms. The molecule has 1 N–H and O–H groups in total. The lowest BCUT2D eigenvalue weighted by Gasteiger charge is -2.27. The summed E-state index contributed by atoms with van der Waals surface area (Å²) in [5.41, 5.74) is 0.0483. The monoisotopic (exact) mass is 490 g/mol. The first-order chi connectivity index (χ1) is 16.7. The van der Waals surface area contributed by atoms with Crippen LogP contribution >= 0.6 is 0 Å². The number of nitrogens with one attached hydrogen (secondary N) is 1. The molecule has 1 aromatic carbocycles. The number of hydrogen-bond donors (Lipinski definition) is 1. The SMILES string of the molecule is CCCCN(CC(=O)N(Cc1ccco1)Cc1cccn1C)C(=O)Nc1cccc(C(F)(F)F)c1. The molecule has 0 unspecified atom stereocenters. The summed E-state index contributed by atoms with van der Waals surface area (Å²) >= 11 is 0. The first-order valence-electron chi connectivity index (χ1n) is 11.3. The number of furan rings is 1. The van der Waals surface area contributed by atoms with Crippen molar-refractivity contribution in [1.82, 2.24) is 14.4 Å². The molecule has 0 fully saturated rings. The molecule has 0 atom stereocenters. The Bertz CT molecular complexity index is 1110. The van der Waals surface area contributed by atoms with E-state index in [0.29, 0.717) is 18.7 Å². The highest BCUT2D eigenvalue weighted by Crippen LogP contribution is 2.30. The number of anilines is 1. The van der Waals surface area contributed by atoms with Crippen molar-refractivity contribution in [3.63, 3.8) is 0 Å². The Hall–Kier alpha value is -3.69. The van der Waals surface area contributed by atoms with Crippen LogP contribution in [0.2, 0.25) is 0 Å². The summed E-state index contributed by atoms with van der Waals surface area (Å²) in [5, 5.41) is 2.50. The third-order valence-corrected chi connectivity index (χ3v) is 5.52. The molecule has 35 heavy (non-hydrogen) atoms. The zero-order chi connectivity index (χ0) is 25.4. The minimum absolute atomic E-state index is 0.00928. The maximum atomic E-state index is 13.3. The predicted molar refractivity (Wildman–Crippen MR) is 125 cm³/mol. The molecule has 0 spiro atoms. The van der Waals surface area contributed by atoms with Gasteiger partial charge < -0.3 is 24.1 Å². The fourth-order valence-electron chi connectivity index (χ4n) is 3.52. The van der Waals surface area contributed by atoms with Crippen LogP contribution in [-0.4, -0.2) is 39.4 Å². The molecule has 188 valence electrons. The fraction of sp³-hybridized carbons (Fsp3) is 0.360.